The molecule has 1 aliphatic heterocycles. The molecule has 112 valence electrons. The molecule has 0 saturated heterocycles. The Balaban J connectivity index is 0.000000497. The first-order valence-corrected chi connectivity index (χ1v) is 7.56. The molecule has 2 heteroatoms. The van der Waals surface area contributed by atoms with Crippen molar-refractivity contribution in [2.24, 2.45) is 0 Å². The van der Waals surface area contributed by atoms with Crippen molar-refractivity contribution < 1.29 is 4.74 Å². The Morgan fingerprint density at radius 2 is 1.62 bits per heavy atom. The minimum absolute atomic E-state index is 0.284. The first-order valence-electron chi connectivity index (χ1n) is 7.56. The monoisotopic (exact) mass is 283 g/mol. The number of nitrogens with one attached hydrogen (secondary N) is 1. The fourth-order valence-corrected chi connectivity index (χ4v) is 2.71. The fraction of sp³-hybridized carbons (Fsp3) is 0.368. The highest BCUT2D eigenvalue weighted by Gasteiger charge is 2.26. The number of hydrogen-bond donors (Lipinski definition) is 1. The normalized spacial score (nSPS) is 19.8. The van der Waals surface area contributed by atoms with Crippen molar-refractivity contribution in [3.05, 3.63) is 65.2 Å². The Morgan fingerprint density at radius 3 is 2.29 bits per heavy atom. The molecule has 2 atom stereocenters. The van der Waals surface area contributed by atoms with Crippen molar-refractivity contribution >= 4 is 0 Å². The van der Waals surface area contributed by atoms with Gasteiger partial charge >= 0.3 is 0 Å². The SMILES string of the molecule is CNC.Cc1ccc(C2CC(C)Oc3ccccc32)cc1. The summed E-state index contributed by atoms with van der Waals surface area (Å²) in [5.41, 5.74) is 4.02. The van der Waals surface area contributed by atoms with Gasteiger partial charge in [0, 0.05) is 11.5 Å². The molecule has 0 radical (unpaired) electrons. The van der Waals surface area contributed by atoms with E-state index in [1.54, 1.807) is 0 Å². The molecule has 2 unspecified atom stereocenters. The van der Waals surface area contributed by atoms with Gasteiger partial charge < -0.3 is 10.1 Å². The average molecular weight is 283 g/mol. The van der Waals surface area contributed by atoms with Crippen LogP contribution >= 0.6 is 0 Å². The molecular weight excluding hydrogens is 258 g/mol. The molecule has 0 aliphatic carbocycles. The third kappa shape index (κ3) is 3.85. The molecule has 0 amide bonds. The summed E-state index contributed by atoms with van der Waals surface area (Å²) in [6.45, 7) is 4.28. The maximum absolute atomic E-state index is 5.91. The van der Waals surface area contributed by atoms with Crippen LogP contribution in [0.25, 0.3) is 0 Å². The highest BCUT2D eigenvalue weighted by Crippen LogP contribution is 2.40. The second-order valence-electron chi connectivity index (χ2n) is 5.67. The van der Waals surface area contributed by atoms with Gasteiger partial charge in [-0.15, -0.1) is 0 Å². The predicted octanol–water partition coefficient (Wildman–Crippen LogP) is 4.13. The van der Waals surface area contributed by atoms with E-state index in [9.17, 15) is 0 Å². The summed E-state index contributed by atoms with van der Waals surface area (Å²) < 4.78 is 5.91. The van der Waals surface area contributed by atoms with E-state index in [2.05, 4.69) is 61.6 Å². The first-order chi connectivity index (χ1) is 10.2. The van der Waals surface area contributed by atoms with Gasteiger partial charge in [0.25, 0.3) is 0 Å². The minimum atomic E-state index is 0.284. The van der Waals surface area contributed by atoms with Crippen molar-refractivity contribution in [3.8, 4) is 5.75 Å². The average Bonchev–Trinajstić information content (AvgIpc) is 2.48. The van der Waals surface area contributed by atoms with Crippen LogP contribution in [-0.4, -0.2) is 20.2 Å². The molecule has 21 heavy (non-hydrogen) atoms. The molecular formula is C19H25NO. The Labute approximate surface area is 128 Å². The highest BCUT2D eigenvalue weighted by atomic mass is 16.5. The topological polar surface area (TPSA) is 21.3 Å². The van der Waals surface area contributed by atoms with Crippen molar-refractivity contribution in [1.29, 1.82) is 0 Å². The van der Waals surface area contributed by atoms with E-state index < -0.39 is 0 Å². The summed E-state index contributed by atoms with van der Waals surface area (Å²) >= 11 is 0. The summed E-state index contributed by atoms with van der Waals surface area (Å²) in [5.74, 6) is 1.51. The van der Waals surface area contributed by atoms with Gasteiger partial charge in [0.1, 0.15) is 5.75 Å². The summed E-state index contributed by atoms with van der Waals surface area (Å²) in [4.78, 5) is 0. The molecule has 1 heterocycles. The van der Waals surface area contributed by atoms with E-state index >= 15 is 0 Å². The quantitative estimate of drug-likeness (QED) is 0.849. The van der Waals surface area contributed by atoms with Crippen molar-refractivity contribution in [2.75, 3.05) is 14.1 Å². The van der Waals surface area contributed by atoms with Crippen LogP contribution in [0.15, 0.2) is 48.5 Å². The molecule has 0 fully saturated rings. The Kier molecular flexibility index (Phi) is 5.40. The zero-order valence-corrected chi connectivity index (χ0v) is 13.4. The summed E-state index contributed by atoms with van der Waals surface area (Å²) in [6.07, 6.45) is 1.34. The number of fused-ring (bicyclic) bond motifs is 1. The second kappa shape index (κ2) is 7.28. The van der Waals surface area contributed by atoms with Gasteiger partial charge in [-0.05, 0) is 46.0 Å². The van der Waals surface area contributed by atoms with Gasteiger partial charge in [-0.25, -0.2) is 0 Å². The third-order valence-electron chi connectivity index (χ3n) is 3.67. The molecule has 0 aromatic heterocycles. The maximum atomic E-state index is 5.91. The van der Waals surface area contributed by atoms with Crippen molar-refractivity contribution in [2.45, 2.75) is 32.3 Å². The lowest BCUT2D eigenvalue weighted by Gasteiger charge is -2.30. The van der Waals surface area contributed by atoms with Crippen LogP contribution in [-0.2, 0) is 0 Å². The van der Waals surface area contributed by atoms with Gasteiger partial charge in [0.05, 0.1) is 6.10 Å². The van der Waals surface area contributed by atoms with E-state index in [0.717, 1.165) is 12.2 Å². The lowest BCUT2D eigenvalue weighted by Crippen LogP contribution is -2.23. The molecule has 1 aliphatic rings. The Bertz CT molecular complexity index is 562. The first kappa shape index (κ1) is 15.6. The fourth-order valence-electron chi connectivity index (χ4n) is 2.71. The van der Waals surface area contributed by atoms with Crippen molar-refractivity contribution in [1.82, 2.24) is 5.32 Å². The molecule has 0 saturated carbocycles. The number of hydrogen-bond acceptors (Lipinski definition) is 2. The minimum Gasteiger partial charge on any atom is -0.490 e. The van der Waals surface area contributed by atoms with Crippen LogP contribution in [0.2, 0.25) is 0 Å². The predicted molar refractivity (Wildman–Crippen MR) is 89.2 cm³/mol. The van der Waals surface area contributed by atoms with Crippen LogP contribution in [0.5, 0.6) is 5.75 Å². The van der Waals surface area contributed by atoms with E-state index in [0.29, 0.717) is 5.92 Å². The number of aryl methyl sites for hydroxylation is 1. The van der Waals surface area contributed by atoms with Crippen LogP contribution in [0.1, 0.15) is 36.0 Å². The second-order valence-corrected chi connectivity index (χ2v) is 5.67. The summed E-state index contributed by atoms with van der Waals surface area (Å²) in [6, 6.07) is 17.3. The largest absolute Gasteiger partial charge is 0.490 e. The number of ether oxygens (including phenoxy) is 1. The maximum Gasteiger partial charge on any atom is 0.123 e. The molecule has 2 aromatic rings. The van der Waals surface area contributed by atoms with E-state index in [1.165, 1.54) is 16.7 Å². The van der Waals surface area contributed by atoms with Gasteiger partial charge in [-0.3, -0.25) is 0 Å². The number of rotatable bonds is 1. The van der Waals surface area contributed by atoms with E-state index in [-0.39, 0.29) is 6.10 Å². The van der Waals surface area contributed by atoms with E-state index in [4.69, 9.17) is 4.74 Å². The zero-order chi connectivity index (χ0) is 15.2. The Hall–Kier alpha value is -1.80. The smallest absolute Gasteiger partial charge is 0.123 e. The lowest BCUT2D eigenvalue weighted by atomic mass is 9.84. The van der Waals surface area contributed by atoms with Crippen LogP contribution in [0.4, 0.5) is 0 Å². The van der Waals surface area contributed by atoms with Crippen molar-refractivity contribution in [3.63, 3.8) is 0 Å². The van der Waals surface area contributed by atoms with Gasteiger partial charge in [-0.2, -0.15) is 0 Å². The molecule has 0 spiro atoms. The molecule has 2 nitrogen and oxygen atoms in total. The lowest BCUT2D eigenvalue weighted by molar-refractivity contribution is 0.183. The van der Waals surface area contributed by atoms with Gasteiger partial charge in [-0.1, -0.05) is 48.0 Å². The standard InChI is InChI=1S/C17H18O.C2H7N/c1-12-7-9-14(10-8-12)16-11-13(2)18-17-6-4-3-5-15(16)17;1-3-2/h3-10,13,16H,11H2,1-2H3;3H,1-2H3. The number of para-hydroxylation sites is 1. The molecule has 0 bridgehead atoms. The van der Waals surface area contributed by atoms with E-state index in [1.807, 2.05) is 20.2 Å². The van der Waals surface area contributed by atoms with Crippen LogP contribution < -0.4 is 10.1 Å². The van der Waals surface area contributed by atoms with Gasteiger partial charge in [0.2, 0.25) is 0 Å². The third-order valence-corrected chi connectivity index (χ3v) is 3.67. The summed E-state index contributed by atoms with van der Waals surface area (Å²) in [5, 5.41) is 2.75. The molecule has 3 rings (SSSR count). The van der Waals surface area contributed by atoms with Crippen LogP contribution in [0.3, 0.4) is 0 Å². The highest BCUT2D eigenvalue weighted by molar-refractivity contribution is 5.44. The number of benzene rings is 2. The summed E-state index contributed by atoms with van der Waals surface area (Å²) in [7, 11) is 3.75. The molecule has 2 aromatic carbocycles. The van der Waals surface area contributed by atoms with Crippen LogP contribution in [0, 0.1) is 6.92 Å². The zero-order valence-electron chi connectivity index (χ0n) is 13.4. The van der Waals surface area contributed by atoms with Gasteiger partial charge in [0.15, 0.2) is 0 Å². The Morgan fingerprint density at radius 1 is 1.00 bits per heavy atom. The molecule has 1 N–H and O–H groups in total.